The van der Waals surface area contributed by atoms with E-state index in [9.17, 15) is 20.1 Å². The second kappa shape index (κ2) is 7.68. The molecule has 0 saturated carbocycles. The maximum absolute atomic E-state index is 12.4. The number of allylic oxidation sites excluding steroid dienone is 1. The number of hydrogen-bond acceptors (Lipinski definition) is 9. The summed E-state index contributed by atoms with van der Waals surface area (Å²) >= 11 is 0. The van der Waals surface area contributed by atoms with Gasteiger partial charge in [-0.3, -0.25) is 9.36 Å². The van der Waals surface area contributed by atoms with E-state index in [4.69, 9.17) is 10.5 Å². The molecule has 10 nitrogen and oxygen atoms in total. The van der Waals surface area contributed by atoms with E-state index in [0.717, 1.165) is 0 Å². The van der Waals surface area contributed by atoms with Gasteiger partial charge >= 0.3 is 0 Å². The van der Waals surface area contributed by atoms with E-state index in [1.165, 1.54) is 23.0 Å². The van der Waals surface area contributed by atoms with E-state index in [0.29, 0.717) is 5.56 Å². The molecule has 1 aromatic carbocycles. The highest BCUT2D eigenvalue weighted by atomic mass is 16.6. The zero-order valence-corrected chi connectivity index (χ0v) is 15.2. The molecular formula is C19H19N5O5. The Kier molecular flexibility index (Phi) is 5.07. The number of anilines is 1. The summed E-state index contributed by atoms with van der Waals surface area (Å²) in [7, 11) is 0. The molecule has 3 heterocycles. The molecule has 0 radical (unpaired) electrons. The summed E-state index contributed by atoms with van der Waals surface area (Å²) in [4.78, 5) is 24.9. The van der Waals surface area contributed by atoms with Crippen molar-refractivity contribution in [2.75, 3.05) is 12.3 Å². The van der Waals surface area contributed by atoms with Crippen LogP contribution in [0.4, 0.5) is 5.82 Å². The lowest BCUT2D eigenvalue weighted by Gasteiger charge is -2.18. The summed E-state index contributed by atoms with van der Waals surface area (Å²) in [6.07, 6.45) is -0.701. The van der Waals surface area contributed by atoms with Crippen molar-refractivity contribution in [3.05, 3.63) is 54.1 Å². The summed E-state index contributed by atoms with van der Waals surface area (Å²) in [5.74, 6) is 0.0975. The molecule has 1 aliphatic rings. The molecule has 1 fully saturated rings. The topological polar surface area (TPSA) is 157 Å². The van der Waals surface area contributed by atoms with Crippen LogP contribution in [0.5, 0.6) is 0 Å². The summed E-state index contributed by atoms with van der Waals surface area (Å²) in [6.45, 7) is -0.476. The molecule has 0 aliphatic carbocycles. The van der Waals surface area contributed by atoms with Crippen molar-refractivity contribution < 1.29 is 24.9 Å². The Labute approximate surface area is 164 Å². The number of imidazole rings is 1. The molecule has 2 aromatic heterocycles. The van der Waals surface area contributed by atoms with Gasteiger partial charge in [-0.25, -0.2) is 15.0 Å². The second-order valence-corrected chi connectivity index (χ2v) is 6.56. The third-order valence-corrected chi connectivity index (χ3v) is 4.75. The van der Waals surface area contributed by atoms with Gasteiger partial charge in [0, 0.05) is 5.56 Å². The molecule has 0 bridgehead atoms. The number of carbonyl (C=O) groups is 1. The maximum atomic E-state index is 12.4. The van der Waals surface area contributed by atoms with Gasteiger partial charge in [0.1, 0.15) is 30.5 Å². The number of rotatable bonds is 5. The maximum Gasteiger partial charge on any atom is 0.185 e. The van der Waals surface area contributed by atoms with Crippen LogP contribution in [0.3, 0.4) is 0 Å². The highest BCUT2D eigenvalue weighted by Gasteiger charge is 2.44. The normalized spacial score (nSPS) is 24.5. The zero-order valence-electron chi connectivity index (χ0n) is 15.2. The number of hydrogen-bond donors (Lipinski definition) is 4. The standard InChI is InChI=1S/C19H19N5O5/c20-17-14-18(22-9-21-17)24(19-16(28)15(27)12(8-25)29-19)13(23-14)7-6-11(26)10-4-2-1-3-5-10/h1-7,9,12,15-16,19,25,27-28H,8H2,(H2,20,21,22). The average molecular weight is 397 g/mol. The predicted octanol–water partition coefficient (Wildman–Crippen LogP) is -0.0839. The Hall–Kier alpha value is -3.18. The van der Waals surface area contributed by atoms with Gasteiger partial charge in [-0.1, -0.05) is 30.3 Å². The summed E-state index contributed by atoms with van der Waals surface area (Å²) < 4.78 is 7.03. The molecule has 1 aliphatic heterocycles. The number of ketones is 1. The number of benzene rings is 1. The van der Waals surface area contributed by atoms with Gasteiger partial charge in [0.05, 0.1) is 6.61 Å². The van der Waals surface area contributed by atoms with E-state index >= 15 is 0 Å². The number of nitrogen functional groups attached to an aromatic ring is 1. The van der Waals surface area contributed by atoms with Crippen LogP contribution in [0.25, 0.3) is 17.2 Å². The van der Waals surface area contributed by atoms with Crippen molar-refractivity contribution in [2.45, 2.75) is 24.5 Å². The van der Waals surface area contributed by atoms with Gasteiger partial charge in [-0.05, 0) is 12.2 Å². The number of carbonyl (C=O) groups excluding carboxylic acids is 1. The molecule has 1 saturated heterocycles. The largest absolute Gasteiger partial charge is 0.394 e. The van der Waals surface area contributed by atoms with Gasteiger partial charge < -0.3 is 25.8 Å². The van der Waals surface area contributed by atoms with E-state index < -0.39 is 31.1 Å². The van der Waals surface area contributed by atoms with Gasteiger partial charge in [0.15, 0.2) is 29.0 Å². The summed E-state index contributed by atoms with van der Waals surface area (Å²) in [5.41, 5.74) is 6.91. The van der Waals surface area contributed by atoms with E-state index in [1.54, 1.807) is 24.3 Å². The quantitative estimate of drug-likeness (QED) is 0.341. The van der Waals surface area contributed by atoms with Crippen LogP contribution in [-0.2, 0) is 4.74 Å². The molecule has 150 valence electrons. The Morgan fingerprint density at radius 1 is 1.21 bits per heavy atom. The first-order chi connectivity index (χ1) is 14.0. The number of nitrogens with two attached hydrogens (primary N) is 1. The molecule has 4 unspecified atom stereocenters. The van der Waals surface area contributed by atoms with Crippen molar-refractivity contribution in [1.82, 2.24) is 19.5 Å². The number of nitrogens with zero attached hydrogens (tertiary/aromatic N) is 4. The summed E-state index contributed by atoms with van der Waals surface area (Å²) in [6, 6.07) is 8.69. The van der Waals surface area contributed by atoms with Crippen LogP contribution >= 0.6 is 0 Å². The number of aromatic nitrogens is 4. The van der Waals surface area contributed by atoms with Crippen molar-refractivity contribution in [3.63, 3.8) is 0 Å². The minimum absolute atomic E-state index is 0.115. The van der Waals surface area contributed by atoms with Crippen LogP contribution in [0.1, 0.15) is 22.4 Å². The smallest absolute Gasteiger partial charge is 0.185 e. The molecule has 3 aromatic rings. The SMILES string of the molecule is Nc1ncnc2c1nc(C=CC(=O)c1ccccc1)n2C1OC(CO)C(O)C1O. The molecule has 4 rings (SSSR count). The van der Waals surface area contributed by atoms with Crippen LogP contribution < -0.4 is 5.73 Å². The van der Waals surface area contributed by atoms with Crippen molar-refractivity contribution >= 4 is 28.8 Å². The Bertz CT molecular complexity index is 1070. The monoisotopic (exact) mass is 397 g/mol. The molecule has 0 amide bonds. The second-order valence-electron chi connectivity index (χ2n) is 6.56. The molecule has 29 heavy (non-hydrogen) atoms. The first-order valence-corrected chi connectivity index (χ1v) is 8.89. The first-order valence-electron chi connectivity index (χ1n) is 8.89. The lowest BCUT2D eigenvalue weighted by molar-refractivity contribution is -0.0513. The van der Waals surface area contributed by atoms with E-state index in [1.807, 2.05) is 6.07 Å². The van der Waals surface area contributed by atoms with Gasteiger partial charge in [0.25, 0.3) is 0 Å². The molecule has 5 N–H and O–H groups in total. The highest BCUT2D eigenvalue weighted by Crippen LogP contribution is 2.33. The number of aliphatic hydroxyl groups is 3. The van der Waals surface area contributed by atoms with Crippen LogP contribution in [0.15, 0.2) is 42.7 Å². The number of fused-ring (bicyclic) bond motifs is 1. The van der Waals surface area contributed by atoms with Crippen molar-refractivity contribution in [3.8, 4) is 0 Å². The Balaban J connectivity index is 1.78. The fraction of sp³-hybridized carbons (Fsp3) is 0.263. The van der Waals surface area contributed by atoms with Gasteiger partial charge in [-0.15, -0.1) is 0 Å². The molecule has 0 spiro atoms. The van der Waals surface area contributed by atoms with Crippen LogP contribution in [-0.4, -0.2) is 65.5 Å². The first kappa shape index (κ1) is 19.2. The average Bonchev–Trinajstić information content (AvgIpc) is 3.25. The third-order valence-electron chi connectivity index (χ3n) is 4.75. The van der Waals surface area contributed by atoms with Crippen LogP contribution in [0, 0.1) is 0 Å². The third kappa shape index (κ3) is 3.38. The van der Waals surface area contributed by atoms with E-state index in [2.05, 4.69) is 15.0 Å². The van der Waals surface area contributed by atoms with E-state index in [-0.39, 0.29) is 28.6 Å². The highest BCUT2D eigenvalue weighted by molar-refractivity contribution is 6.06. The zero-order chi connectivity index (χ0) is 20.5. The number of ether oxygens (including phenoxy) is 1. The van der Waals surface area contributed by atoms with Gasteiger partial charge in [-0.2, -0.15) is 0 Å². The number of aliphatic hydroxyl groups excluding tert-OH is 3. The predicted molar refractivity (Wildman–Crippen MR) is 103 cm³/mol. The van der Waals surface area contributed by atoms with Crippen molar-refractivity contribution in [1.29, 1.82) is 0 Å². The minimum atomic E-state index is -1.35. The molecule has 10 heteroatoms. The van der Waals surface area contributed by atoms with Crippen molar-refractivity contribution in [2.24, 2.45) is 0 Å². The Morgan fingerprint density at radius 3 is 2.66 bits per heavy atom. The van der Waals surface area contributed by atoms with Gasteiger partial charge in [0.2, 0.25) is 0 Å². The lowest BCUT2D eigenvalue weighted by atomic mass is 10.1. The molecular weight excluding hydrogens is 378 g/mol. The lowest BCUT2D eigenvalue weighted by Crippen LogP contribution is -2.33. The Morgan fingerprint density at radius 2 is 1.97 bits per heavy atom. The minimum Gasteiger partial charge on any atom is -0.394 e. The molecule has 4 atom stereocenters. The fourth-order valence-corrected chi connectivity index (χ4v) is 3.25. The fourth-order valence-electron chi connectivity index (χ4n) is 3.25. The summed E-state index contributed by atoms with van der Waals surface area (Å²) in [5, 5.41) is 29.9. The van der Waals surface area contributed by atoms with Crippen LogP contribution in [0.2, 0.25) is 0 Å².